The topological polar surface area (TPSA) is 51.1 Å². The molecule has 0 aliphatic rings. The fraction of sp³-hybridized carbons (Fsp3) is 0.158. The van der Waals surface area contributed by atoms with Crippen LogP contribution in [0.15, 0.2) is 48.7 Å². The number of fused-ring (bicyclic) bond motifs is 1. The smallest absolute Gasteiger partial charge is 0.244 e. The number of aromatic nitrogens is 1. The molecule has 1 aromatic heterocycles. The number of amides is 1. The monoisotopic (exact) mass is 374 g/mol. The van der Waals surface area contributed by atoms with Crippen molar-refractivity contribution in [2.75, 3.05) is 5.32 Å². The molecule has 3 rings (SSSR count). The molecule has 3 aromatic rings. The van der Waals surface area contributed by atoms with Crippen molar-refractivity contribution < 1.29 is 9.59 Å². The minimum absolute atomic E-state index is 0.0528. The molecule has 4 nitrogen and oxygen atoms in total. The van der Waals surface area contributed by atoms with Gasteiger partial charge in [-0.15, -0.1) is 0 Å². The molecule has 25 heavy (non-hydrogen) atoms. The van der Waals surface area contributed by atoms with E-state index in [0.717, 1.165) is 10.9 Å². The molecule has 1 N–H and O–H groups in total. The minimum atomic E-state index is -0.227. The number of Topliss-reactive ketones (excluding diaryl/α,β-unsaturated/α-hetero) is 1. The molecule has 0 saturated heterocycles. The first-order valence-electron chi connectivity index (χ1n) is 7.85. The highest BCUT2D eigenvalue weighted by Gasteiger charge is 2.15. The Balaban J connectivity index is 1.87. The Kier molecular flexibility index (Phi) is 5.11. The molecule has 2 aromatic carbocycles. The van der Waals surface area contributed by atoms with E-state index in [2.05, 4.69) is 5.32 Å². The van der Waals surface area contributed by atoms with E-state index in [1.54, 1.807) is 29.0 Å². The highest BCUT2D eigenvalue weighted by atomic mass is 35.5. The summed E-state index contributed by atoms with van der Waals surface area (Å²) < 4.78 is 1.78. The maximum atomic E-state index is 12.4. The third-order valence-corrected chi connectivity index (χ3v) is 4.31. The van der Waals surface area contributed by atoms with Crippen molar-refractivity contribution in [2.24, 2.45) is 0 Å². The van der Waals surface area contributed by atoms with Gasteiger partial charge in [0.15, 0.2) is 5.78 Å². The highest BCUT2D eigenvalue weighted by Crippen LogP contribution is 2.24. The predicted molar refractivity (Wildman–Crippen MR) is 102 cm³/mol. The number of carbonyl (C=O) groups excluding carboxylic acids is 2. The molecule has 1 heterocycles. The van der Waals surface area contributed by atoms with Gasteiger partial charge in [-0.3, -0.25) is 9.59 Å². The predicted octanol–water partition coefficient (Wildman–Crippen LogP) is 5.18. The van der Waals surface area contributed by atoms with Crippen LogP contribution in [0.3, 0.4) is 0 Å². The number of halogens is 2. The van der Waals surface area contributed by atoms with Crippen molar-refractivity contribution in [1.82, 2.24) is 4.57 Å². The maximum absolute atomic E-state index is 12.4. The van der Waals surface area contributed by atoms with Gasteiger partial charge in [0.1, 0.15) is 6.54 Å². The van der Waals surface area contributed by atoms with Gasteiger partial charge in [-0.25, -0.2) is 0 Å². The fourth-order valence-corrected chi connectivity index (χ4v) is 3.30. The van der Waals surface area contributed by atoms with Crippen LogP contribution in [0.4, 0.5) is 5.69 Å². The number of ketones is 1. The summed E-state index contributed by atoms with van der Waals surface area (Å²) in [5.41, 5.74) is 2.01. The average molecular weight is 375 g/mol. The number of anilines is 1. The van der Waals surface area contributed by atoms with Gasteiger partial charge in [0.25, 0.3) is 0 Å². The summed E-state index contributed by atoms with van der Waals surface area (Å²) in [5.74, 6) is -0.174. The summed E-state index contributed by atoms with van der Waals surface area (Å²) >= 11 is 11.9. The Morgan fingerprint density at radius 1 is 1.08 bits per heavy atom. The van der Waals surface area contributed by atoms with Gasteiger partial charge in [0, 0.05) is 44.8 Å². The molecule has 128 valence electrons. The van der Waals surface area contributed by atoms with E-state index in [0.29, 0.717) is 27.7 Å². The van der Waals surface area contributed by atoms with Crippen LogP contribution in [0.1, 0.15) is 23.7 Å². The fourth-order valence-electron chi connectivity index (χ4n) is 2.77. The van der Waals surface area contributed by atoms with Crippen molar-refractivity contribution in [1.29, 1.82) is 0 Å². The normalized spacial score (nSPS) is 10.8. The number of hydrogen-bond donors (Lipinski definition) is 1. The largest absolute Gasteiger partial charge is 0.337 e. The number of rotatable bonds is 5. The summed E-state index contributed by atoms with van der Waals surface area (Å²) in [6, 6.07) is 12.4. The maximum Gasteiger partial charge on any atom is 0.244 e. The molecule has 0 aliphatic carbocycles. The van der Waals surface area contributed by atoms with E-state index in [4.69, 9.17) is 23.2 Å². The van der Waals surface area contributed by atoms with Crippen LogP contribution in [0, 0.1) is 0 Å². The number of nitrogens with one attached hydrogen (secondary N) is 1. The highest BCUT2D eigenvalue weighted by molar-refractivity contribution is 6.35. The van der Waals surface area contributed by atoms with Crippen molar-refractivity contribution in [2.45, 2.75) is 19.9 Å². The van der Waals surface area contributed by atoms with Crippen LogP contribution in [0.25, 0.3) is 10.9 Å². The molecule has 0 spiro atoms. The number of benzene rings is 2. The lowest BCUT2D eigenvalue weighted by atomic mass is 10.1. The van der Waals surface area contributed by atoms with E-state index in [9.17, 15) is 9.59 Å². The molecule has 0 unspecified atom stereocenters. The Hall–Kier alpha value is -2.30. The molecule has 0 aliphatic heterocycles. The second-order valence-electron chi connectivity index (χ2n) is 5.67. The SMILES string of the molecule is CCC(=O)c1cn(CC(=O)Nc2cc(Cl)cc(Cl)c2)c2ccccc12. The van der Waals surface area contributed by atoms with Gasteiger partial charge < -0.3 is 9.88 Å². The lowest BCUT2D eigenvalue weighted by molar-refractivity contribution is -0.116. The second-order valence-corrected chi connectivity index (χ2v) is 6.54. The van der Waals surface area contributed by atoms with Crippen molar-refractivity contribution in [3.05, 3.63) is 64.3 Å². The first kappa shape index (κ1) is 17.5. The molecule has 0 radical (unpaired) electrons. The van der Waals surface area contributed by atoms with Crippen molar-refractivity contribution >= 4 is 51.5 Å². The van der Waals surface area contributed by atoms with Crippen LogP contribution < -0.4 is 5.32 Å². The van der Waals surface area contributed by atoms with E-state index in [1.807, 2.05) is 31.2 Å². The first-order chi connectivity index (χ1) is 12.0. The summed E-state index contributed by atoms with van der Waals surface area (Å²) in [5, 5.41) is 4.53. The molecular weight excluding hydrogens is 359 g/mol. The van der Waals surface area contributed by atoms with Gasteiger partial charge in [0.05, 0.1) is 0 Å². The summed E-state index contributed by atoms with van der Waals surface area (Å²) in [6.45, 7) is 1.91. The third kappa shape index (κ3) is 3.86. The molecule has 6 heteroatoms. The van der Waals surface area contributed by atoms with E-state index < -0.39 is 0 Å². The summed E-state index contributed by atoms with van der Waals surface area (Å²) in [6.07, 6.45) is 2.16. The van der Waals surface area contributed by atoms with Gasteiger partial charge in [-0.2, -0.15) is 0 Å². The number of carbonyl (C=O) groups is 2. The standard InChI is InChI=1S/C19H16Cl2N2O2/c1-2-18(24)16-10-23(17-6-4-3-5-15(16)17)11-19(25)22-14-8-12(20)7-13(21)9-14/h3-10H,2,11H2,1H3,(H,22,25). The number of nitrogens with zero attached hydrogens (tertiary/aromatic N) is 1. The Labute approximate surface area is 155 Å². The lowest BCUT2D eigenvalue weighted by Crippen LogP contribution is -2.18. The Bertz CT molecular complexity index is 943. The summed E-state index contributed by atoms with van der Waals surface area (Å²) in [7, 11) is 0. The van der Waals surface area contributed by atoms with Gasteiger partial charge in [-0.05, 0) is 24.3 Å². The molecule has 0 saturated carbocycles. The number of hydrogen-bond acceptors (Lipinski definition) is 2. The van der Waals surface area contributed by atoms with E-state index >= 15 is 0 Å². The Morgan fingerprint density at radius 2 is 1.76 bits per heavy atom. The van der Waals surface area contributed by atoms with Crippen LogP contribution in [-0.2, 0) is 11.3 Å². The van der Waals surface area contributed by atoms with Gasteiger partial charge in [0.2, 0.25) is 5.91 Å². The molecule has 1 amide bonds. The first-order valence-corrected chi connectivity index (χ1v) is 8.60. The van der Waals surface area contributed by atoms with Crippen molar-refractivity contribution in [3.63, 3.8) is 0 Å². The molecular formula is C19H16Cl2N2O2. The average Bonchev–Trinajstić information content (AvgIpc) is 2.92. The minimum Gasteiger partial charge on any atom is -0.337 e. The van der Waals surface area contributed by atoms with Gasteiger partial charge in [-0.1, -0.05) is 48.3 Å². The molecule has 0 bridgehead atoms. The molecule has 0 atom stereocenters. The zero-order chi connectivity index (χ0) is 18.0. The lowest BCUT2D eigenvalue weighted by Gasteiger charge is -2.08. The summed E-state index contributed by atoms with van der Waals surface area (Å²) in [4.78, 5) is 24.5. The van der Waals surface area contributed by atoms with E-state index in [1.165, 1.54) is 0 Å². The second kappa shape index (κ2) is 7.30. The third-order valence-electron chi connectivity index (χ3n) is 3.87. The van der Waals surface area contributed by atoms with E-state index in [-0.39, 0.29) is 18.2 Å². The Morgan fingerprint density at radius 3 is 2.44 bits per heavy atom. The quantitative estimate of drug-likeness (QED) is 0.625. The van der Waals surface area contributed by atoms with Crippen LogP contribution in [-0.4, -0.2) is 16.3 Å². The molecule has 0 fully saturated rings. The van der Waals surface area contributed by atoms with Crippen LogP contribution in [0.5, 0.6) is 0 Å². The zero-order valence-corrected chi connectivity index (χ0v) is 15.1. The van der Waals surface area contributed by atoms with Crippen molar-refractivity contribution in [3.8, 4) is 0 Å². The van der Waals surface area contributed by atoms with Crippen LogP contribution in [0.2, 0.25) is 10.0 Å². The number of para-hydroxylation sites is 1. The van der Waals surface area contributed by atoms with Crippen LogP contribution >= 0.6 is 23.2 Å². The van der Waals surface area contributed by atoms with Gasteiger partial charge >= 0.3 is 0 Å². The zero-order valence-electron chi connectivity index (χ0n) is 13.6.